The fourth-order valence-corrected chi connectivity index (χ4v) is 7.72. The number of nitrogens with zero attached hydrogens (tertiary/aromatic N) is 8. The monoisotopic (exact) mass is 868 g/mol. The molecule has 0 bridgehead atoms. The number of alkyl halides is 2. The highest BCUT2D eigenvalue weighted by molar-refractivity contribution is 6.08. The molecule has 4 N–H and O–H groups in total. The van der Waals surface area contributed by atoms with Crippen molar-refractivity contribution in [2.45, 2.75) is 64.3 Å². The number of imidazole rings is 1. The van der Waals surface area contributed by atoms with Gasteiger partial charge in [-0.05, 0) is 87.4 Å². The molecule has 63 heavy (non-hydrogen) atoms. The minimum absolute atomic E-state index is 0.107. The lowest BCUT2D eigenvalue weighted by Gasteiger charge is -2.28. The molecule has 1 aromatic carbocycles. The zero-order chi connectivity index (χ0) is 44.5. The summed E-state index contributed by atoms with van der Waals surface area (Å²) in [5.74, 6) is -0.671. The highest BCUT2D eigenvalue weighted by Crippen LogP contribution is 2.28. The van der Waals surface area contributed by atoms with Crippen LogP contribution < -0.4 is 31.9 Å². The second kappa shape index (κ2) is 20.7. The van der Waals surface area contributed by atoms with E-state index in [1.54, 1.807) is 36.9 Å². The Morgan fingerprint density at radius 2 is 1.86 bits per heavy atom. The van der Waals surface area contributed by atoms with Gasteiger partial charge in [0.2, 0.25) is 11.8 Å². The van der Waals surface area contributed by atoms with E-state index in [1.807, 2.05) is 30.3 Å². The van der Waals surface area contributed by atoms with Gasteiger partial charge in [-0.2, -0.15) is 10.2 Å². The van der Waals surface area contributed by atoms with Gasteiger partial charge in [0.05, 0.1) is 29.1 Å². The number of benzene rings is 1. The highest BCUT2D eigenvalue weighted by atomic mass is 19.3. The maximum absolute atomic E-state index is 14.1. The SMILES string of the molecule is C=C/C(=C\C=C(/C)n1cc(NC(=O)c2cnn3ccc(N4CCNCC4)nc23)c(C(F)F)n1)CNCCCCOCCCCc1ccc2c(c1)n(C)c(=O)n2C1CCC(=O)NC1=O. The van der Waals surface area contributed by atoms with E-state index in [-0.39, 0.29) is 29.3 Å². The molecule has 2 fully saturated rings. The van der Waals surface area contributed by atoms with Crippen LogP contribution in [0.2, 0.25) is 0 Å². The number of unbranched alkanes of at least 4 members (excludes halogenated alkanes) is 2. The Morgan fingerprint density at radius 3 is 2.62 bits per heavy atom. The van der Waals surface area contributed by atoms with Gasteiger partial charge < -0.3 is 25.6 Å². The number of allylic oxidation sites excluding steroid dienone is 3. The smallest absolute Gasteiger partial charge is 0.329 e. The molecule has 2 aliphatic heterocycles. The van der Waals surface area contributed by atoms with Crippen LogP contribution in [-0.4, -0.2) is 104 Å². The number of rotatable bonds is 20. The Bertz CT molecular complexity index is 2580. The number of fused-ring (bicyclic) bond motifs is 2. The molecule has 2 saturated heterocycles. The first-order valence-corrected chi connectivity index (χ1v) is 21.3. The molecule has 17 nitrogen and oxygen atoms in total. The van der Waals surface area contributed by atoms with E-state index in [0.29, 0.717) is 48.9 Å². The van der Waals surface area contributed by atoms with Crippen LogP contribution in [-0.2, 0) is 27.8 Å². The summed E-state index contributed by atoms with van der Waals surface area (Å²) >= 11 is 0. The molecule has 0 radical (unpaired) electrons. The van der Waals surface area contributed by atoms with E-state index in [4.69, 9.17) is 4.74 Å². The summed E-state index contributed by atoms with van der Waals surface area (Å²) in [6.45, 7) is 11.5. The molecule has 334 valence electrons. The summed E-state index contributed by atoms with van der Waals surface area (Å²) in [7, 11) is 1.70. The van der Waals surface area contributed by atoms with Crippen LogP contribution in [0.25, 0.3) is 22.4 Å². The number of hydrogen-bond acceptors (Lipinski definition) is 11. The van der Waals surface area contributed by atoms with Crippen molar-refractivity contribution in [1.29, 1.82) is 0 Å². The van der Waals surface area contributed by atoms with Gasteiger partial charge in [-0.25, -0.2) is 27.8 Å². The number of aromatic nitrogens is 7. The van der Waals surface area contributed by atoms with Crippen LogP contribution in [0, 0.1) is 0 Å². The minimum Gasteiger partial charge on any atom is -0.381 e. The fourth-order valence-electron chi connectivity index (χ4n) is 7.72. The molecule has 0 saturated carbocycles. The summed E-state index contributed by atoms with van der Waals surface area (Å²) in [6.07, 6.45) is 11.8. The van der Waals surface area contributed by atoms with Gasteiger partial charge >= 0.3 is 5.69 Å². The van der Waals surface area contributed by atoms with Crippen LogP contribution >= 0.6 is 0 Å². The van der Waals surface area contributed by atoms with Crippen molar-refractivity contribution < 1.29 is 27.9 Å². The molecule has 19 heteroatoms. The third kappa shape index (κ3) is 10.7. The number of nitrogens with one attached hydrogen (secondary N) is 4. The van der Waals surface area contributed by atoms with E-state index < -0.39 is 30.0 Å². The number of piperidine rings is 1. The number of aryl methyl sites for hydroxylation is 2. The number of amides is 3. The zero-order valence-corrected chi connectivity index (χ0v) is 35.6. The maximum Gasteiger partial charge on any atom is 0.329 e. The number of halogens is 2. The van der Waals surface area contributed by atoms with E-state index in [2.05, 4.69) is 47.9 Å². The molecular weight excluding hydrogens is 815 g/mol. The number of carbonyl (C=O) groups is 3. The summed E-state index contributed by atoms with van der Waals surface area (Å²) in [5, 5.41) is 20.0. The minimum atomic E-state index is -2.92. The number of imide groups is 1. The third-order valence-electron chi connectivity index (χ3n) is 11.3. The Balaban J connectivity index is 0.818. The molecule has 7 rings (SSSR count). The van der Waals surface area contributed by atoms with E-state index >= 15 is 0 Å². The van der Waals surface area contributed by atoms with Gasteiger partial charge in [-0.1, -0.05) is 24.8 Å². The van der Waals surface area contributed by atoms with Gasteiger partial charge in [-0.3, -0.25) is 28.8 Å². The summed E-state index contributed by atoms with van der Waals surface area (Å²) in [4.78, 5) is 57.3. The Labute approximate surface area is 362 Å². The van der Waals surface area contributed by atoms with Crippen LogP contribution in [0.15, 0.2) is 78.0 Å². The fraction of sp³-hybridized carbons (Fsp3) is 0.432. The van der Waals surface area contributed by atoms with Gasteiger partial charge in [0.1, 0.15) is 17.4 Å². The van der Waals surface area contributed by atoms with E-state index in [9.17, 15) is 28.0 Å². The topological polar surface area (TPSA) is 187 Å². The predicted molar refractivity (Wildman–Crippen MR) is 236 cm³/mol. The molecular formula is C44H54F2N12O5. The molecule has 6 heterocycles. The Morgan fingerprint density at radius 1 is 1.06 bits per heavy atom. The van der Waals surface area contributed by atoms with Crippen LogP contribution in [0.3, 0.4) is 0 Å². The van der Waals surface area contributed by atoms with Gasteiger partial charge in [0, 0.05) is 71.3 Å². The maximum atomic E-state index is 14.1. The van der Waals surface area contributed by atoms with Crippen LogP contribution in [0.5, 0.6) is 0 Å². The number of hydrogen-bond donors (Lipinski definition) is 4. The second-order valence-electron chi connectivity index (χ2n) is 15.7. The lowest BCUT2D eigenvalue weighted by Crippen LogP contribution is -2.44. The van der Waals surface area contributed by atoms with Crippen molar-refractivity contribution in [3.8, 4) is 0 Å². The second-order valence-corrected chi connectivity index (χ2v) is 15.7. The number of ether oxygens (including phenoxy) is 1. The van der Waals surface area contributed by atoms with Crippen LogP contribution in [0.4, 0.5) is 20.3 Å². The van der Waals surface area contributed by atoms with E-state index in [0.717, 1.165) is 81.5 Å². The largest absolute Gasteiger partial charge is 0.381 e. The van der Waals surface area contributed by atoms with Gasteiger partial charge in [0.25, 0.3) is 12.3 Å². The lowest BCUT2D eigenvalue weighted by atomic mass is 10.0. The number of anilines is 2. The third-order valence-corrected chi connectivity index (χ3v) is 11.3. The quantitative estimate of drug-likeness (QED) is 0.0489. The molecule has 0 aliphatic carbocycles. The van der Waals surface area contributed by atoms with Gasteiger partial charge in [0.15, 0.2) is 11.3 Å². The molecule has 1 unspecified atom stereocenters. The molecule has 3 amide bonds. The van der Waals surface area contributed by atoms with Crippen molar-refractivity contribution in [3.05, 3.63) is 101 Å². The standard InChI is InChI=1S/C44H54F2N12O5/c1-4-30(26-48-17-6-8-24-63-23-7-5-9-31-12-13-34-36(25-31)54(3)44(62)58(34)35-14-15-38(59)52-43(35)61)11-10-29(2)57-28-33(39(53-57)40(45)46)50-42(60)32-27-49-56-20-16-37(51-41(32)56)55-21-18-47-19-22-55/h4,10-13,16,20,25,27-28,35,40,47-48H,1,5-9,14-15,17-19,21-24,26H2,2-3H3,(H,50,60)(H,52,59,61)/b29-10+,30-11+. The van der Waals surface area contributed by atoms with Crippen LogP contribution in [0.1, 0.15) is 79.5 Å². The van der Waals surface area contributed by atoms with Gasteiger partial charge in [-0.15, -0.1) is 0 Å². The molecule has 4 aromatic heterocycles. The molecule has 1 atom stereocenters. The first-order chi connectivity index (χ1) is 30.5. The van der Waals surface area contributed by atoms with Crippen molar-refractivity contribution in [1.82, 2.24) is 49.5 Å². The average Bonchev–Trinajstić information content (AvgIpc) is 3.98. The molecule has 0 spiro atoms. The first-order valence-electron chi connectivity index (χ1n) is 21.3. The molecule has 5 aromatic rings. The van der Waals surface area contributed by atoms with Crippen molar-refractivity contribution >= 4 is 51.6 Å². The highest BCUT2D eigenvalue weighted by Gasteiger charge is 2.31. The van der Waals surface area contributed by atoms with E-state index in [1.165, 1.54) is 26.2 Å². The average molecular weight is 869 g/mol. The summed E-state index contributed by atoms with van der Waals surface area (Å²) in [6, 6.07) is 6.99. The Hall–Kier alpha value is -6.31. The summed E-state index contributed by atoms with van der Waals surface area (Å²) < 4.78 is 40.0. The normalized spacial score (nSPS) is 16.4. The number of carbonyl (C=O) groups excluding carboxylic acids is 3. The first kappa shape index (κ1) is 44.7. The molecule has 2 aliphatic rings. The lowest BCUT2D eigenvalue weighted by molar-refractivity contribution is -0.135. The van der Waals surface area contributed by atoms with Crippen molar-refractivity contribution in [2.24, 2.45) is 7.05 Å². The van der Waals surface area contributed by atoms with Crippen molar-refractivity contribution in [2.75, 3.05) is 62.7 Å². The summed E-state index contributed by atoms with van der Waals surface area (Å²) in [5.41, 5.74) is 3.53. The predicted octanol–water partition coefficient (Wildman–Crippen LogP) is 4.54. The Kier molecular flexibility index (Phi) is 14.7. The van der Waals surface area contributed by atoms with Crippen molar-refractivity contribution in [3.63, 3.8) is 0 Å². The number of piperazine rings is 1. The zero-order valence-electron chi connectivity index (χ0n) is 35.6.